The largest absolute Gasteiger partial charge is 0.383 e. The third kappa shape index (κ3) is 5.53. The molecule has 0 aliphatic heterocycles. The Bertz CT molecular complexity index is 393. The maximum atomic E-state index is 13.2. The van der Waals surface area contributed by atoms with Crippen LogP contribution < -0.4 is 5.73 Å². The van der Waals surface area contributed by atoms with E-state index < -0.39 is 11.6 Å². The van der Waals surface area contributed by atoms with Gasteiger partial charge in [0, 0.05) is 38.3 Å². The Morgan fingerprint density at radius 2 is 1.75 bits per heavy atom. The predicted octanol–water partition coefficient (Wildman–Crippen LogP) is 2.71. The monoisotopic (exact) mass is 286 g/mol. The molecule has 2 N–H and O–H groups in total. The van der Waals surface area contributed by atoms with Crippen LogP contribution in [-0.2, 0) is 4.74 Å². The second-order valence-electron chi connectivity index (χ2n) is 5.22. The molecule has 0 fully saturated rings. The van der Waals surface area contributed by atoms with E-state index in [1.807, 2.05) is 0 Å². The van der Waals surface area contributed by atoms with Crippen molar-refractivity contribution in [3.8, 4) is 0 Å². The SMILES string of the molecule is COCCN(CCC(N)c1cc(F)cc(F)c1)C(C)C. The summed E-state index contributed by atoms with van der Waals surface area (Å²) in [4.78, 5) is 2.24. The van der Waals surface area contributed by atoms with Crippen LogP contribution >= 0.6 is 0 Å². The summed E-state index contributed by atoms with van der Waals surface area (Å²) in [6, 6.07) is 3.45. The van der Waals surface area contributed by atoms with Crippen LogP contribution in [0.2, 0.25) is 0 Å². The molecule has 0 aliphatic rings. The predicted molar refractivity (Wildman–Crippen MR) is 76.5 cm³/mol. The van der Waals surface area contributed by atoms with Crippen molar-refractivity contribution in [3.05, 3.63) is 35.4 Å². The molecule has 5 heteroatoms. The Hall–Kier alpha value is -1.04. The average Bonchev–Trinajstić information content (AvgIpc) is 2.36. The molecule has 20 heavy (non-hydrogen) atoms. The first-order chi connectivity index (χ1) is 9.43. The summed E-state index contributed by atoms with van der Waals surface area (Å²) in [5.74, 6) is -1.17. The fourth-order valence-electron chi connectivity index (χ4n) is 2.10. The van der Waals surface area contributed by atoms with Gasteiger partial charge in [0.15, 0.2) is 0 Å². The highest BCUT2D eigenvalue weighted by molar-refractivity contribution is 5.21. The molecule has 1 atom stereocenters. The van der Waals surface area contributed by atoms with Crippen LogP contribution in [0.3, 0.4) is 0 Å². The third-order valence-corrected chi connectivity index (χ3v) is 3.35. The average molecular weight is 286 g/mol. The van der Waals surface area contributed by atoms with Gasteiger partial charge in [-0.1, -0.05) is 0 Å². The number of rotatable bonds is 8. The van der Waals surface area contributed by atoms with Gasteiger partial charge in [-0.15, -0.1) is 0 Å². The fourth-order valence-corrected chi connectivity index (χ4v) is 2.10. The first-order valence-corrected chi connectivity index (χ1v) is 6.88. The van der Waals surface area contributed by atoms with Crippen molar-refractivity contribution >= 4 is 0 Å². The van der Waals surface area contributed by atoms with Crippen LogP contribution in [0.4, 0.5) is 8.78 Å². The van der Waals surface area contributed by atoms with E-state index in [0.29, 0.717) is 24.6 Å². The molecule has 0 spiro atoms. The quantitative estimate of drug-likeness (QED) is 0.798. The van der Waals surface area contributed by atoms with Crippen LogP contribution in [0.5, 0.6) is 0 Å². The summed E-state index contributed by atoms with van der Waals surface area (Å²) in [6.07, 6.45) is 0.644. The molecule has 1 rings (SSSR count). The van der Waals surface area contributed by atoms with E-state index in [1.54, 1.807) is 7.11 Å². The lowest BCUT2D eigenvalue weighted by atomic mass is 10.0. The second-order valence-corrected chi connectivity index (χ2v) is 5.22. The maximum Gasteiger partial charge on any atom is 0.126 e. The highest BCUT2D eigenvalue weighted by atomic mass is 19.1. The standard InChI is InChI=1S/C15H24F2N2O/c1-11(2)19(6-7-20-3)5-4-15(18)12-8-13(16)10-14(17)9-12/h8-11,15H,4-7,18H2,1-3H3. The molecule has 0 aromatic heterocycles. The third-order valence-electron chi connectivity index (χ3n) is 3.35. The van der Waals surface area contributed by atoms with Crippen molar-refractivity contribution in [2.45, 2.75) is 32.4 Å². The molecule has 1 aromatic carbocycles. The lowest BCUT2D eigenvalue weighted by molar-refractivity contribution is 0.127. The number of halogens is 2. The van der Waals surface area contributed by atoms with E-state index in [4.69, 9.17) is 10.5 Å². The number of methoxy groups -OCH3 is 1. The first kappa shape index (κ1) is 17.0. The van der Waals surface area contributed by atoms with Crippen LogP contribution in [0.25, 0.3) is 0 Å². The summed E-state index contributed by atoms with van der Waals surface area (Å²) in [5.41, 5.74) is 6.52. The Morgan fingerprint density at radius 1 is 1.15 bits per heavy atom. The molecule has 0 saturated heterocycles. The molecule has 1 unspecified atom stereocenters. The van der Waals surface area contributed by atoms with Crippen LogP contribution in [-0.4, -0.2) is 37.7 Å². The first-order valence-electron chi connectivity index (χ1n) is 6.88. The zero-order chi connectivity index (χ0) is 15.1. The van der Waals surface area contributed by atoms with Gasteiger partial charge in [-0.25, -0.2) is 8.78 Å². The Kier molecular flexibility index (Phi) is 7.05. The van der Waals surface area contributed by atoms with Crippen molar-refractivity contribution in [2.75, 3.05) is 26.8 Å². The van der Waals surface area contributed by atoms with E-state index in [0.717, 1.165) is 19.2 Å². The van der Waals surface area contributed by atoms with Gasteiger partial charge in [-0.2, -0.15) is 0 Å². The Morgan fingerprint density at radius 3 is 2.25 bits per heavy atom. The highest BCUT2D eigenvalue weighted by Gasteiger charge is 2.14. The lowest BCUT2D eigenvalue weighted by Gasteiger charge is -2.27. The minimum Gasteiger partial charge on any atom is -0.383 e. The summed E-state index contributed by atoms with van der Waals surface area (Å²) in [6.45, 7) is 6.44. The number of benzene rings is 1. The zero-order valence-corrected chi connectivity index (χ0v) is 12.4. The molecule has 3 nitrogen and oxygen atoms in total. The summed E-state index contributed by atoms with van der Waals surface area (Å²) in [7, 11) is 1.67. The molecule has 0 heterocycles. The van der Waals surface area contributed by atoms with E-state index >= 15 is 0 Å². The number of ether oxygens (including phenoxy) is 1. The van der Waals surface area contributed by atoms with E-state index in [-0.39, 0.29) is 6.04 Å². The molecular formula is C15H24F2N2O. The van der Waals surface area contributed by atoms with Gasteiger partial charge < -0.3 is 10.5 Å². The van der Waals surface area contributed by atoms with E-state index in [2.05, 4.69) is 18.7 Å². The fraction of sp³-hybridized carbons (Fsp3) is 0.600. The Labute approximate surface area is 119 Å². The highest BCUT2D eigenvalue weighted by Crippen LogP contribution is 2.18. The normalized spacial score (nSPS) is 13.2. The number of nitrogens with zero attached hydrogens (tertiary/aromatic N) is 1. The number of nitrogens with two attached hydrogens (primary N) is 1. The van der Waals surface area contributed by atoms with Gasteiger partial charge in [0.25, 0.3) is 0 Å². The van der Waals surface area contributed by atoms with Crippen LogP contribution in [0, 0.1) is 11.6 Å². The smallest absolute Gasteiger partial charge is 0.126 e. The van der Waals surface area contributed by atoms with Crippen molar-refractivity contribution in [3.63, 3.8) is 0 Å². The Balaban J connectivity index is 2.58. The van der Waals surface area contributed by atoms with Crippen molar-refractivity contribution in [2.24, 2.45) is 5.73 Å². The van der Waals surface area contributed by atoms with Gasteiger partial charge in [-0.3, -0.25) is 4.90 Å². The molecule has 0 aliphatic carbocycles. The van der Waals surface area contributed by atoms with Gasteiger partial charge in [-0.05, 0) is 38.0 Å². The molecule has 114 valence electrons. The minimum absolute atomic E-state index is 0.371. The molecule has 1 aromatic rings. The molecule has 0 radical (unpaired) electrons. The van der Waals surface area contributed by atoms with Gasteiger partial charge in [0.2, 0.25) is 0 Å². The number of hydrogen-bond acceptors (Lipinski definition) is 3. The van der Waals surface area contributed by atoms with Crippen LogP contribution in [0.15, 0.2) is 18.2 Å². The minimum atomic E-state index is -0.587. The molecule has 0 saturated carbocycles. The van der Waals surface area contributed by atoms with E-state index in [1.165, 1.54) is 12.1 Å². The maximum absolute atomic E-state index is 13.2. The van der Waals surface area contributed by atoms with Crippen molar-refractivity contribution < 1.29 is 13.5 Å². The van der Waals surface area contributed by atoms with Gasteiger partial charge >= 0.3 is 0 Å². The van der Waals surface area contributed by atoms with Crippen molar-refractivity contribution in [1.29, 1.82) is 0 Å². The van der Waals surface area contributed by atoms with Gasteiger partial charge in [0.1, 0.15) is 11.6 Å². The van der Waals surface area contributed by atoms with E-state index in [9.17, 15) is 8.78 Å². The number of hydrogen-bond donors (Lipinski definition) is 1. The molecule has 0 amide bonds. The second kappa shape index (κ2) is 8.29. The summed E-state index contributed by atoms with van der Waals surface area (Å²) < 4.78 is 31.4. The molecular weight excluding hydrogens is 262 g/mol. The lowest BCUT2D eigenvalue weighted by Crippen LogP contribution is -2.36. The van der Waals surface area contributed by atoms with Gasteiger partial charge in [0.05, 0.1) is 6.61 Å². The van der Waals surface area contributed by atoms with Crippen molar-refractivity contribution in [1.82, 2.24) is 4.90 Å². The topological polar surface area (TPSA) is 38.5 Å². The zero-order valence-electron chi connectivity index (χ0n) is 12.4. The molecule has 0 bridgehead atoms. The summed E-state index contributed by atoms with van der Waals surface area (Å²) >= 11 is 0. The van der Waals surface area contributed by atoms with Crippen LogP contribution in [0.1, 0.15) is 31.9 Å². The summed E-state index contributed by atoms with van der Waals surface area (Å²) in [5, 5.41) is 0.